The second-order valence-electron chi connectivity index (χ2n) is 4.91. The van der Waals surface area contributed by atoms with Crippen molar-refractivity contribution in [2.75, 3.05) is 12.4 Å². The SMILES string of the molecule is COc1ccc(CC(=O)Nc2ccc(C(=O)O)cc2C)cc1. The van der Waals surface area contributed by atoms with Crippen LogP contribution in [0.15, 0.2) is 42.5 Å². The summed E-state index contributed by atoms with van der Waals surface area (Å²) in [7, 11) is 1.59. The molecule has 0 saturated carbocycles. The number of aryl methyl sites for hydroxylation is 1. The van der Waals surface area contributed by atoms with Crippen molar-refractivity contribution in [3.8, 4) is 5.75 Å². The third-order valence-corrected chi connectivity index (χ3v) is 3.27. The van der Waals surface area contributed by atoms with Crippen LogP contribution in [0.1, 0.15) is 21.5 Å². The summed E-state index contributed by atoms with van der Waals surface area (Å²) >= 11 is 0. The van der Waals surface area contributed by atoms with Gasteiger partial charge in [-0.15, -0.1) is 0 Å². The summed E-state index contributed by atoms with van der Waals surface area (Å²) in [4.78, 5) is 22.9. The third-order valence-electron chi connectivity index (χ3n) is 3.27. The summed E-state index contributed by atoms with van der Waals surface area (Å²) in [5, 5.41) is 11.7. The van der Waals surface area contributed by atoms with Crippen LogP contribution in [0.2, 0.25) is 0 Å². The van der Waals surface area contributed by atoms with Crippen molar-refractivity contribution in [2.45, 2.75) is 13.3 Å². The molecule has 0 aliphatic rings. The van der Waals surface area contributed by atoms with Gasteiger partial charge >= 0.3 is 5.97 Å². The molecule has 0 spiro atoms. The average Bonchev–Trinajstić information content (AvgIpc) is 2.50. The van der Waals surface area contributed by atoms with Crippen molar-refractivity contribution in [2.24, 2.45) is 0 Å². The molecule has 5 heteroatoms. The molecule has 0 aliphatic heterocycles. The molecule has 0 unspecified atom stereocenters. The summed E-state index contributed by atoms with van der Waals surface area (Å²) in [6, 6.07) is 11.9. The van der Waals surface area contributed by atoms with E-state index in [1.54, 1.807) is 32.2 Å². The van der Waals surface area contributed by atoms with E-state index < -0.39 is 5.97 Å². The lowest BCUT2D eigenvalue weighted by molar-refractivity contribution is -0.115. The highest BCUT2D eigenvalue weighted by molar-refractivity contribution is 5.94. The Bertz CT molecular complexity index is 692. The van der Waals surface area contributed by atoms with Crippen LogP contribution in [0.4, 0.5) is 5.69 Å². The van der Waals surface area contributed by atoms with E-state index in [0.29, 0.717) is 11.3 Å². The van der Waals surface area contributed by atoms with Crippen molar-refractivity contribution < 1.29 is 19.4 Å². The highest BCUT2D eigenvalue weighted by Gasteiger charge is 2.09. The lowest BCUT2D eigenvalue weighted by Gasteiger charge is -2.09. The Morgan fingerprint density at radius 2 is 1.82 bits per heavy atom. The van der Waals surface area contributed by atoms with Gasteiger partial charge < -0.3 is 15.2 Å². The van der Waals surface area contributed by atoms with E-state index >= 15 is 0 Å². The molecule has 0 heterocycles. The first-order valence-corrected chi connectivity index (χ1v) is 6.76. The van der Waals surface area contributed by atoms with Crippen molar-refractivity contribution in [1.29, 1.82) is 0 Å². The number of carbonyl (C=O) groups is 2. The fourth-order valence-corrected chi connectivity index (χ4v) is 2.06. The molecule has 0 atom stereocenters. The normalized spacial score (nSPS) is 10.1. The minimum Gasteiger partial charge on any atom is -0.497 e. The van der Waals surface area contributed by atoms with Crippen LogP contribution >= 0.6 is 0 Å². The summed E-state index contributed by atoms with van der Waals surface area (Å²) in [5.74, 6) is -0.403. The molecular formula is C17H17NO4. The fourth-order valence-electron chi connectivity index (χ4n) is 2.06. The minimum absolute atomic E-state index is 0.156. The van der Waals surface area contributed by atoms with Gasteiger partial charge in [0.25, 0.3) is 0 Å². The monoisotopic (exact) mass is 299 g/mol. The number of hydrogen-bond donors (Lipinski definition) is 2. The third kappa shape index (κ3) is 3.85. The first-order chi connectivity index (χ1) is 10.5. The second-order valence-corrected chi connectivity index (χ2v) is 4.91. The molecule has 114 valence electrons. The summed E-state index contributed by atoms with van der Waals surface area (Å²) in [5.41, 5.74) is 2.40. The van der Waals surface area contributed by atoms with Gasteiger partial charge in [0.05, 0.1) is 19.1 Å². The zero-order valence-electron chi connectivity index (χ0n) is 12.4. The van der Waals surface area contributed by atoms with E-state index in [1.165, 1.54) is 12.1 Å². The van der Waals surface area contributed by atoms with Crippen LogP contribution < -0.4 is 10.1 Å². The van der Waals surface area contributed by atoms with Crippen LogP contribution in [0.3, 0.4) is 0 Å². The second kappa shape index (κ2) is 6.76. The highest BCUT2D eigenvalue weighted by Crippen LogP contribution is 2.17. The van der Waals surface area contributed by atoms with E-state index in [2.05, 4.69) is 5.32 Å². The maximum absolute atomic E-state index is 12.0. The lowest BCUT2D eigenvalue weighted by atomic mass is 10.1. The quantitative estimate of drug-likeness (QED) is 0.890. The molecule has 2 N–H and O–H groups in total. The van der Waals surface area contributed by atoms with E-state index in [0.717, 1.165) is 11.3 Å². The van der Waals surface area contributed by atoms with Gasteiger partial charge in [0.2, 0.25) is 5.91 Å². The van der Waals surface area contributed by atoms with Gasteiger partial charge in [0.1, 0.15) is 5.75 Å². The van der Waals surface area contributed by atoms with E-state index in [9.17, 15) is 9.59 Å². The molecule has 0 bridgehead atoms. The molecule has 2 aromatic carbocycles. The first-order valence-electron chi connectivity index (χ1n) is 6.76. The Balaban J connectivity index is 2.03. The number of amides is 1. The molecule has 22 heavy (non-hydrogen) atoms. The molecule has 0 fully saturated rings. The predicted octanol–water partition coefficient (Wildman–Crippen LogP) is 2.88. The number of methoxy groups -OCH3 is 1. The molecule has 5 nitrogen and oxygen atoms in total. The number of benzene rings is 2. The molecule has 0 radical (unpaired) electrons. The van der Waals surface area contributed by atoms with E-state index in [-0.39, 0.29) is 17.9 Å². The minimum atomic E-state index is -0.987. The smallest absolute Gasteiger partial charge is 0.335 e. The van der Waals surface area contributed by atoms with Gasteiger partial charge in [0, 0.05) is 5.69 Å². The Kier molecular flexibility index (Phi) is 4.78. The number of nitrogens with one attached hydrogen (secondary N) is 1. The van der Waals surface area contributed by atoms with Crippen molar-refractivity contribution >= 4 is 17.6 Å². The number of rotatable bonds is 5. The Labute approximate surface area is 128 Å². The zero-order valence-corrected chi connectivity index (χ0v) is 12.4. The van der Waals surface area contributed by atoms with Gasteiger partial charge in [-0.2, -0.15) is 0 Å². The van der Waals surface area contributed by atoms with Gasteiger partial charge in [-0.1, -0.05) is 12.1 Å². The molecule has 0 saturated heterocycles. The van der Waals surface area contributed by atoms with E-state index in [1.807, 2.05) is 12.1 Å². The van der Waals surface area contributed by atoms with Crippen LogP contribution in [0.25, 0.3) is 0 Å². The maximum Gasteiger partial charge on any atom is 0.335 e. The van der Waals surface area contributed by atoms with Crippen LogP contribution in [-0.2, 0) is 11.2 Å². The highest BCUT2D eigenvalue weighted by atomic mass is 16.5. The molecular weight excluding hydrogens is 282 g/mol. The largest absolute Gasteiger partial charge is 0.497 e. The molecule has 1 amide bonds. The molecule has 0 aromatic heterocycles. The fraction of sp³-hybridized carbons (Fsp3) is 0.176. The molecule has 2 aromatic rings. The first kappa shape index (κ1) is 15.6. The number of anilines is 1. The van der Waals surface area contributed by atoms with Crippen molar-refractivity contribution in [1.82, 2.24) is 0 Å². The standard InChI is InChI=1S/C17H17NO4/c1-11-9-13(17(20)21)5-8-15(11)18-16(19)10-12-3-6-14(22-2)7-4-12/h3-9H,10H2,1-2H3,(H,18,19)(H,20,21). The van der Waals surface area contributed by atoms with Crippen molar-refractivity contribution in [3.63, 3.8) is 0 Å². The Morgan fingerprint density at radius 3 is 2.36 bits per heavy atom. The number of aromatic carboxylic acids is 1. The number of carboxylic acid groups (broad SMARTS) is 1. The zero-order chi connectivity index (χ0) is 16.1. The lowest BCUT2D eigenvalue weighted by Crippen LogP contribution is -2.15. The van der Waals surface area contributed by atoms with Crippen molar-refractivity contribution in [3.05, 3.63) is 59.2 Å². The maximum atomic E-state index is 12.0. The Hall–Kier alpha value is -2.82. The molecule has 2 rings (SSSR count). The van der Waals surface area contributed by atoms with Crippen LogP contribution in [0, 0.1) is 6.92 Å². The summed E-state index contributed by atoms with van der Waals surface area (Å²) < 4.78 is 5.07. The number of ether oxygens (including phenoxy) is 1. The van der Waals surface area contributed by atoms with Gasteiger partial charge in [-0.3, -0.25) is 4.79 Å². The topological polar surface area (TPSA) is 75.6 Å². The number of carboxylic acids is 1. The molecule has 0 aliphatic carbocycles. The van der Waals surface area contributed by atoms with Gasteiger partial charge in [-0.05, 0) is 48.4 Å². The average molecular weight is 299 g/mol. The van der Waals surface area contributed by atoms with Gasteiger partial charge in [0.15, 0.2) is 0 Å². The van der Waals surface area contributed by atoms with Crippen LogP contribution in [0.5, 0.6) is 5.75 Å². The Morgan fingerprint density at radius 1 is 1.14 bits per heavy atom. The van der Waals surface area contributed by atoms with Crippen LogP contribution in [-0.4, -0.2) is 24.1 Å². The summed E-state index contributed by atoms with van der Waals surface area (Å²) in [6.45, 7) is 1.76. The number of carbonyl (C=O) groups excluding carboxylic acids is 1. The summed E-state index contributed by atoms with van der Waals surface area (Å²) in [6.07, 6.45) is 0.240. The number of hydrogen-bond acceptors (Lipinski definition) is 3. The predicted molar refractivity (Wildman–Crippen MR) is 83.5 cm³/mol. The van der Waals surface area contributed by atoms with E-state index in [4.69, 9.17) is 9.84 Å². The van der Waals surface area contributed by atoms with Gasteiger partial charge in [-0.25, -0.2) is 4.79 Å².